The molecule has 0 heterocycles. The third kappa shape index (κ3) is 13.7. The largest absolute Gasteiger partial charge is 0.491 e. The van der Waals surface area contributed by atoms with Crippen molar-refractivity contribution in [3.05, 3.63) is 64.2 Å². The van der Waals surface area contributed by atoms with Crippen LogP contribution in [-0.2, 0) is 23.7 Å². The van der Waals surface area contributed by atoms with Gasteiger partial charge in [-0.15, -0.1) is 0 Å². The lowest BCUT2D eigenvalue weighted by Gasteiger charge is -2.09. The molecule has 0 saturated carbocycles. The topological polar surface area (TPSA) is 125 Å². The molecule has 0 aliphatic heterocycles. The Labute approximate surface area is 210 Å². The third-order valence-corrected chi connectivity index (χ3v) is 4.54. The number of non-ortho nitro benzene ring substituents is 1. The van der Waals surface area contributed by atoms with Crippen LogP contribution in [0.15, 0.2) is 48.5 Å². The summed E-state index contributed by atoms with van der Waals surface area (Å²) in [5, 5.41) is 10.6. The molecule has 36 heavy (non-hydrogen) atoms. The fourth-order valence-corrected chi connectivity index (χ4v) is 2.73. The zero-order chi connectivity index (χ0) is 25.7. The molecule has 0 unspecified atom stereocenters. The predicted octanol–water partition coefficient (Wildman–Crippen LogP) is 2.95. The standard InChI is InChI=1S/C25H33NO10/c27-21-22-1-5-24(6-2-22)35-19-17-33-15-13-31-11-9-30-10-12-32-14-16-34-18-20-36-25-7-3-23(4-8-25)26(28)29/h1-8,21H,9-20H2. The summed E-state index contributed by atoms with van der Waals surface area (Å²) in [6, 6.07) is 12.8. The highest BCUT2D eigenvalue weighted by Gasteiger charge is 2.04. The number of hydrogen-bond donors (Lipinski definition) is 0. The molecule has 0 saturated heterocycles. The molecule has 0 aliphatic rings. The second-order valence-corrected chi connectivity index (χ2v) is 7.20. The normalized spacial score (nSPS) is 10.8. The van der Waals surface area contributed by atoms with Crippen LogP contribution in [0.1, 0.15) is 10.4 Å². The van der Waals surface area contributed by atoms with Gasteiger partial charge in [0.1, 0.15) is 31.0 Å². The maximum Gasteiger partial charge on any atom is 0.269 e. The number of nitro groups is 1. The minimum atomic E-state index is -0.455. The molecule has 0 spiro atoms. The molecule has 11 heteroatoms. The van der Waals surface area contributed by atoms with E-state index < -0.39 is 4.92 Å². The molecule has 2 aromatic rings. The molecule has 0 radical (unpaired) electrons. The third-order valence-electron chi connectivity index (χ3n) is 4.54. The van der Waals surface area contributed by atoms with Crippen LogP contribution >= 0.6 is 0 Å². The molecule has 0 atom stereocenters. The predicted molar refractivity (Wildman–Crippen MR) is 130 cm³/mol. The van der Waals surface area contributed by atoms with Gasteiger partial charge in [-0.2, -0.15) is 0 Å². The van der Waals surface area contributed by atoms with Gasteiger partial charge in [0.15, 0.2) is 0 Å². The first-order valence-electron chi connectivity index (χ1n) is 11.6. The first-order chi connectivity index (χ1) is 17.7. The van der Waals surface area contributed by atoms with Gasteiger partial charge in [-0.25, -0.2) is 0 Å². The molecule has 0 N–H and O–H groups in total. The summed E-state index contributed by atoms with van der Waals surface area (Å²) in [5.41, 5.74) is 0.636. The van der Waals surface area contributed by atoms with Crippen molar-refractivity contribution in [3.8, 4) is 11.5 Å². The smallest absolute Gasteiger partial charge is 0.269 e. The van der Waals surface area contributed by atoms with Gasteiger partial charge >= 0.3 is 0 Å². The molecule has 0 aromatic heterocycles. The van der Waals surface area contributed by atoms with Crippen molar-refractivity contribution in [1.82, 2.24) is 0 Å². The second kappa shape index (κ2) is 19.1. The highest BCUT2D eigenvalue weighted by molar-refractivity contribution is 5.74. The number of nitro benzene ring substituents is 1. The molecular formula is C25H33NO10. The van der Waals surface area contributed by atoms with Gasteiger partial charge in [0.05, 0.1) is 71.0 Å². The summed E-state index contributed by atoms with van der Waals surface area (Å²) in [5.74, 6) is 1.25. The Balaban J connectivity index is 1.26. The molecule has 2 aromatic carbocycles. The fourth-order valence-electron chi connectivity index (χ4n) is 2.73. The van der Waals surface area contributed by atoms with Crippen molar-refractivity contribution < 1.29 is 42.9 Å². The van der Waals surface area contributed by atoms with E-state index in [-0.39, 0.29) is 5.69 Å². The number of rotatable bonds is 22. The molecule has 0 amide bonds. The Morgan fingerprint density at radius 2 is 0.889 bits per heavy atom. The quantitative estimate of drug-likeness (QED) is 0.102. The number of hydrogen-bond acceptors (Lipinski definition) is 10. The zero-order valence-electron chi connectivity index (χ0n) is 20.2. The summed E-state index contributed by atoms with van der Waals surface area (Å²) >= 11 is 0. The Morgan fingerprint density at radius 1 is 0.556 bits per heavy atom. The van der Waals surface area contributed by atoms with Crippen molar-refractivity contribution in [2.24, 2.45) is 0 Å². The second-order valence-electron chi connectivity index (χ2n) is 7.20. The average Bonchev–Trinajstić information content (AvgIpc) is 2.90. The van der Waals surface area contributed by atoms with Gasteiger partial charge in [-0.1, -0.05) is 0 Å². The lowest BCUT2D eigenvalue weighted by atomic mass is 10.2. The monoisotopic (exact) mass is 507 g/mol. The van der Waals surface area contributed by atoms with Crippen LogP contribution in [-0.4, -0.2) is 90.5 Å². The van der Waals surface area contributed by atoms with E-state index in [4.69, 9.17) is 33.2 Å². The average molecular weight is 508 g/mol. The molecule has 0 aliphatic carbocycles. The van der Waals surface area contributed by atoms with Crippen molar-refractivity contribution in [2.75, 3.05) is 79.3 Å². The lowest BCUT2D eigenvalue weighted by molar-refractivity contribution is -0.384. The first-order valence-corrected chi connectivity index (χ1v) is 11.6. The van der Waals surface area contributed by atoms with Gasteiger partial charge in [0.25, 0.3) is 5.69 Å². The van der Waals surface area contributed by atoms with Crippen molar-refractivity contribution in [2.45, 2.75) is 0 Å². The van der Waals surface area contributed by atoms with Crippen LogP contribution in [0, 0.1) is 10.1 Å². The zero-order valence-corrected chi connectivity index (χ0v) is 20.2. The van der Waals surface area contributed by atoms with E-state index >= 15 is 0 Å². The molecule has 0 fully saturated rings. The van der Waals surface area contributed by atoms with Gasteiger partial charge < -0.3 is 33.2 Å². The van der Waals surface area contributed by atoms with E-state index in [9.17, 15) is 14.9 Å². The van der Waals surface area contributed by atoms with Gasteiger partial charge in [0, 0.05) is 17.7 Å². The van der Waals surface area contributed by atoms with E-state index in [2.05, 4.69) is 0 Å². The lowest BCUT2D eigenvalue weighted by Crippen LogP contribution is -2.15. The summed E-state index contributed by atoms with van der Waals surface area (Å²) in [7, 11) is 0. The van der Waals surface area contributed by atoms with Crippen LogP contribution in [0.4, 0.5) is 5.69 Å². The van der Waals surface area contributed by atoms with E-state index in [1.165, 1.54) is 12.1 Å². The molecule has 198 valence electrons. The Hall–Kier alpha value is -3.09. The van der Waals surface area contributed by atoms with Crippen molar-refractivity contribution in [3.63, 3.8) is 0 Å². The number of ether oxygens (including phenoxy) is 7. The van der Waals surface area contributed by atoms with Crippen LogP contribution in [0.5, 0.6) is 11.5 Å². The summed E-state index contributed by atoms with van der Waals surface area (Å²) in [6.07, 6.45) is 0.790. The number of nitrogens with zero attached hydrogens (tertiary/aromatic N) is 1. The molecule has 11 nitrogen and oxygen atoms in total. The highest BCUT2D eigenvalue weighted by atomic mass is 16.6. The molecular weight excluding hydrogens is 474 g/mol. The minimum absolute atomic E-state index is 0.0247. The summed E-state index contributed by atoms with van der Waals surface area (Å²) < 4.78 is 38.1. The summed E-state index contributed by atoms with van der Waals surface area (Å²) in [6.45, 7) is 5.30. The number of carbonyl (C=O) groups is 1. The van der Waals surface area contributed by atoms with Crippen molar-refractivity contribution >= 4 is 12.0 Å². The van der Waals surface area contributed by atoms with Gasteiger partial charge in [-0.05, 0) is 36.4 Å². The van der Waals surface area contributed by atoms with E-state index in [0.29, 0.717) is 96.3 Å². The SMILES string of the molecule is O=Cc1ccc(OCCOCCOCCOCCOCCOCCOc2ccc([N+](=O)[O-])cc2)cc1. The van der Waals surface area contributed by atoms with E-state index in [0.717, 1.165) is 6.29 Å². The van der Waals surface area contributed by atoms with E-state index in [1.807, 2.05) is 0 Å². The van der Waals surface area contributed by atoms with Crippen LogP contribution < -0.4 is 9.47 Å². The maximum absolute atomic E-state index is 10.6. The molecule has 2 rings (SSSR count). The van der Waals surface area contributed by atoms with E-state index in [1.54, 1.807) is 36.4 Å². The van der Waals surface area contributed by atoms with Crippen LogP contribution in [0.25, 0.3) is 0 Å². The number of benzene rings is 2. The summed E-state index contributed by atoms with van der Waals surface area (Å²) in [4.78, 5) is 20.7. The van der Waals surface area contributed by atoms with Gasteiger partial charge in [-0.3, -0.25) is 14.9 Å². The Kier molecular flexibility index (Phi) is 15.5. The fraction of sp³-hybridized carbons (Fsp3) is 0.480. The van der Waals surface area contributed by atoms with Crippen LogP contribution in [0.3, 0.4) is 0 Å². The highest BCUT2D eigenvalue weighted by Crippen LogP contribution is 2.17. The van der Waals surface area contributed by atoms with Gasteiger partial charge in [0.2, 0.25) is 0 Å². The molecule has 0 bridgehead atoms. The van der Waals surface area contributed by atoms with Crippen molar-refractivity contribution in [1.29, 1.82) is 0 Å². The maximum atomic E-state index is 10.6. The minimum Gasteiger partial charge on any atom is -0.491 e. The van der Waals surface area contributed by atoms with Crippen LogP contribution in [0.2, 0.25) is 0 Å². The number of aldehydes is 1. The number of carbonyl (C=O) groups excluding carboxylic acids is 1. The first kappa shape index (κ1) is 29.1. The Morgan fingerprint density at radius 3 is 1.22 bits per heavy atom. The Bertz CT molecular complexity index is 845.